The summed E-state index contributed by atoms with van der Waals surface area (Å²) in [5.74, 6) is -1.00. The number of carbonyl (C=O) groups is 3. The van der Waals surface area contributed by atoms with Crippen molar-refractivity contribution in [2.75, 3.05) is 72.9 Å². The van der Waals surface area contributed by atoms with E-state index in [1.807, 2.05) is 20.8 Å². The summed E-state index contributed by atoms with van der Waals surface area (Å²) in [5, 5.41) is 64.5. The van der Waals surface area contributed by atoms with Gasteiger partial charge in [-0.3, -0.25) is 30.3 Å². The van der Waals surface area contributed by atoms with Gasteiger partial charge in [0.05, 0.1) is 71.0 Å². The third-order valence-corrected chi connectivity index (χ3v) is 19.1. The van der Waals surface area contributed by atoms with Gasteiger partial charge in [0.1, 0.15) is 56.4 Å². The predicted molar refractivity (Wildman–Crippen MR) is 346 cm³/mol. The van der Waals surface area contributed by atoms with Crippen molar-refractivity contribution in [2.24, 2.45) is 0 Å². The summed E-state index contributed by atoms with van der Waals surface area (Å²) in [6.45, 7) is 14.5. The van der Waals surface area contributed by atoms with E-state index in [1.54, 1.807) is 34.6 Å². The second-order valence-corrected chi connectivity index (χ2v) is 26.8. The zero-order chi connectivity index (χ0) is 69.3. The summed E-state index contributed by atoms with van der Waals surface area (Å²) in [7, 11) is 0. The zero-order valence-corrected chi connectivity index (χ0v) is 58.1. The topological polar surface area (TPSA) is 427 Å². The Hall–Kier alpha value is -5.19. The molecule has 2 saturated heterocycles. The molecule has 6 fully saturated rings. The van der Waals surface area contributed by atoms with Crippen molar-refractivity contribution < 1.29 is 86.7 Å². The fourth-order valence-electron chi connectivity index (χ4n) is 11.2. The lowest BCUT2D eigenvalue weighted by atomic mass is 10.2. The Morgan fingerprint density at radius 2 is 0.842 bits per heavy atom. The van der Waals surface area contributed by atoms with E-state index >= 15 is 0 Å². The first-order valence-electron chi connectivity index (χ1n) is 31.0. The molecule has 4 saturated carbocycles. The number of halogens is 3. The first-order valence-corrected chi connectivity index (χ1v) is 35.1. The van der Waals surface area contributed by atoms with Gasteiger partial charge in [-0.1, -0.05) is 90.9 Å². The molecule has 33 nitrogen and oxygen atoms in total. The molecular weight excluding hydrogens is 1380 g/mol. The van der Waals surface area contributed by atoms with Gasteiger partial charge in [-0.2, -0.15) is 15.0 Å². The molecule has 0 bridgehead atoms. The number of carbonyl (C=O) groups excluding carboxylic acids is 3. The fourth-order valence-corrected chi connectivity index (χ4v) is 14.2. The molecular formula is C56H79Cl3N12O21S3. The molecule has 3 aromatic rings. The van der Waals surface area contributed by atoms with E-state index in [2.05, 4.69) is 45.9 Å². The van der Waals surface area contributed by atoms with Gasteiger partial charge in [0.15, 0.2) is 27.0 Å². The molecule has 0 radical (unpaired) electrons. The van der Waals surface area contributed by atoms with Gasteiger partial charge in [-0.15, -0.1) is 0 Å². The third-order valence-electron chi connectivity index (χ3n) is 15.1. The third kappa shape index (κ3) is 20.7. The highest BCUT2D eigenvalue weighted by Gasteiger charge is 2.59. The van der Waals surface area contributed by atoms with Crippen LogP contribution in [0.4, 0.5) is 34.5 Å². The van der Waals surface area contributed by atoms with Gasteiger partial charge in [0, 0.05) is 30.1 Å². The van der Waals surface area contributed by atoms with Crippen LogP contribution in [0.25, 0.3) is 0 Å². The molecule has 9 rings (SSSR count). The largest absolute Gasteiger partial charge is 0.464 e. The molecule has 2 aliphatic heterocycles. The number of esters is 3. The molecule has 95 heavy (non-hydrogen) atoms. The molecule has 39 heteroatoms. The number of fused-ring (bicyclic) bond motifs is 2. The molecule has 5 N–H and O–H groups in total. The Morgan fingerprint density at radius 3 is 1.21 bits per heavy atom. The minimum absolute atomic E-state index is 0.0108. The number of aliphatic hydroxyl groups excluding tert-OH is 2. The molecule has 528 valence electrons. The Balaban J connectivity index is 0.000000202. The lowest BCUT2D eigenvalue weighted by Crippen LogP contribution is -2.37. The quantitative estimate of drug-likeness (QED) is 0.00796. The summed E-state index contributed by atoms with van der Waals surface area (Å²) in [6.07, 6.45) is 0.843. The van der Waals surface area contributed by atoms with E-state index in [4.69, 9.17) is 82.2 Å². The van der Waals surface area contributed by atoms with Crippen molar-refractivity contribution in [3.63, 3.8) is 0 Å². The van der Waals surface area contributed by atoms with Crippen LogP contribution in [-0.2, 0) is 61.8 Å². The molecule has 5 heterocycles. The van der Waals surface area contributed by atoms with Crippen molar-refractivity contribution in [1.82, 2.24) is 29.9 Å². The van der Waals surface area contributed by atoms with Crippen LogP contribution in [0.3, 0.4) is 0 Å². The average Bonchev–Trinajstić information content (AvgIpc) is 1.62. The van der Waals surface area contributed by atoms with Crippen molar-refractivity contribution in [2.45, 2.75) is 220 Å². The zero-order valence-electron chi connectivity index (χ0n) is 53.4. The van der Waals surface area contributed by atoms with Gasteiger partial charge < -0.3 is 73.5 Å². The SMILES string of the molecule is CCCSc1nc(Cl)c([N+](=O)[O-])c(N[C@@H]2C[C@H](OCC(=O)OCC)[C@@H](O)[C@H]2O)n1.CCCSc1nc(Cl)c([N+](=O)[O-])c(N[C@@H]2C[C@H](OCC(=O)OCC)[C@H]3OC(C)(C)O[C@H]32)n1.CCCSc1nc(Cl)c([N+](=O)[O-])c(N[C@@H]2C[C@H](OCC(=O)OCC)[C@H]3OC4(CCCC4)O[C@H]32)n1. The van der Waals surface area contributed by atoms with Crippen molar-refractivity contribution >= 4 is 123 Å². The predicted octanol–water partition coefficient (Wildman–Crippen LogP) is 8.31. The molecule has 1 spiro atoms. The van der Waals surface area contributed by atoms with Crippen LogP contribution < -0.4 is 16.0 Å². The number of anilines is 3. The Bertz CT molecular complexity index is 3160. The molecule has 0 unspecified atom stereocenters. The number of thioether (sulfide) groups is 3. The van der Waals surface area contributed by atoms with E-state index in [-0.39, 0.29) is 89.8 Å². The van der Waals surface area contributed by atoms with Crippen LogP contribution in [0.2, 0.25) is 15.5 Å². The second-order valence-electron chi connectivity index (χ2n) is 22.6. The minimum Gasteiger partial charge on any atom is -0.464 e. The van der Waals surface area contributed by atoms with E-state index in [9.17, 15) is 54.9 Å². The van der Waals surface area contributed by atoms with Gasteiger partial charge in [0.2, 0.25) is 32.9 Å². The number of aliphatic hydroxyl groups is 2. The van der Waals surface area contributed by atoms with Gasteiger partial charge >= 0.3 is 35.0 Å². The van der Waals surface area contributed by atoms with E-state index in [1.165, 1.54) is 35.3 Å². The Labute approximate surface area is 574 Å². The highest BCUT2D eigenvalue weighted by Crippen LogP contribution is 2.49. The molecule has 6 aliphatic rings. The number of nitrogens with zero attached hydrogens (tertiary/aromatic N) is 9. The van der Waals surface area contributed by atoms with Crippen LogP contribution in [0.15, 0.2) is 15.5 Å². The van der Waals surface area contributed by atoms with Crippen LogP contribution in [0.1, 0.15) is 120 Å². The van der Waals surface area contributed by atoms with E-state index < -0.39 is 129 Å². The van der Waals surface area contributed by atoms with Crippen LogP contribution in [0, 0.1) is 30.3 Å². The average molecular weight is 1460 g/mol. The summed E-state index contributed by atoms with van der Waals surface area (Å²) >= 11 is 22.3. The minimum atomic E-state index is -1.30. The number of aromatic nitrogens is 6. The van der Waals surface area contributed by atoms with E-state index in [0.29, 0.717) is 28.9 Å². The number of nitrogens with one attached hydrogen (secondary N) is 3. The fraction of sp³-hybridized carbons (Fsp3) is 0.732. The van der Waals surface area contributed by atoms with Gasteiger partial charge in [0.25, 0.3) is 0 Å². The number of nitro groups is 3. The molecule has 0 aromatic carbocycles. The van der Waals surface area contributed by atoms with E-state index in [0.717, 1.165) is 56.5 Å². The summed E-state index contributed by atoms with van der Waals surface area (Å²) in [4.78, 5) is 92.8. The Kier molecular flexibility index (Phi) is 29.3. The van der Waals surface area contributed by atoms with Crippen molar-refractivity contribution in [3.05, 3.63) is 45.8 Å². The number of hydrogen-bond donors (Lipinski definition) is 5. The first kappa shape index (κ1) is 77.2. The maximum absolute atomic E-state index is 11.9. The summed E-state index contributed by atoms with van der Waals surface area (Å²) in [6, 6.07) is -1.64. The maximum atomic E-state index is 11.9. The standard InChI is InChI=1S/C21H29ClN4O7S.C19H27ClN4O7S.C16H23ClN4O7S/c1-3-9-34-20-24-18(22)15(26(28)29)19(25-20)23-12-10-13(31-11-14(27)30-4-2)17-16(12)32-21(33-17)7-5-6-8-21;1-5-7-32-18-22-16(20)13(24(26)27)17(23-18)21-10-8-11(29-9-12(25)28-6-2)15-14(10)30-19(3,4)31-15;1-3-5-29-16-19-14(17)11(21(25)26)15(20-16)18-8-6-9(13(24)12(8)23)28-7-10(22)27-4-2/h12-13,16-17H,3-11H2,1-2H3,(H,23,24,25);10-11,14-15H,5-9H2,1-4H3,(H,21,22,23);8-9,12-13,23-24H,3-7H2,1-2H3,(H,18,19,20)/t12-,13+,16+,17-;10-,11+,14+,15-;8-,9+,12+,13-/m111/s1. The highest BCUT2D eigenvalue weighted by molar-refractivity contribution is 7.99. The normalized spacial score (nSPS) is 25.7. The molecule has 0 amide bonds. The monoisotopic (exact) mass is 1460 g/mol. The maximum Gasteiger partial charge on any atom is 0.348 e. The number of hydrogen-bond acceptors (Lipinski definition) is 33. The lowest BCUT2D eigenvalue weighted by molar-refractivity contribution is -0.384. The Morgan fingerprint density at radius 1 is 0.516 bits per heavy atom. The molecule has 12 atom stereocenters. The van der Waals surface area contributed by atoms with Crippen LogP contribution >= 0.6 is 70.1 Å². The van der Waals surface area contributed by atoms with Crippen molar-refractivity contribution in [1.29, 1.82) is 0 Å². The molecule has 4 aliphatic carbocycles. The second kappa shape index (κ2) is 36.1. The van der Waals surface area contributed by atoms with Gasteiger partial charge in [-0.05, 0) is 86.0 Å². The van der Waals surface area contributed by atoms with Crippen LogP contribution in [0.5, 0.6) is 0 Å². The summed E-state index contributed by atoms with van der Waals surface area (Å²) in [5.41, 5.74) is -1.31. The first-order chi connectivity index (χ1) is 45.3. The summed E-state index contributed by atoms with van der Waals surface area (Å²) < 4.78 is 56.4. The number of ether oxygens (including phenoxy) is 10. The number of rotatable bonds is 30. The van der Waals surface area contributed by atoms with Gasteiger partial charge in [-0.25, -0.2) is 29.3 Å². The van der Waals surface area contributed by atoms with Crippen molar-refractivity contribution in [3.8, 4) is 0 Å². The lowest BCUT2D eigenvalue weighted by Gasteiger charge is -2.27. The smallest absolute Gasteiger partial charge is 0.348 e. The molecule has 3 aromatic heterocycles. The highest BCUT2D eigenvalue weighted by atomic mass is 35.5. The van der Waals surface area contributed by atoms with Crippen LogP contribution in [-0.4, -0.2) is 214 Å².